The summed E-state index contributed by atoms with van der Waals surface area (Å²) < 4.78 is 46.5. The lowest BCUT2D eigenvalue weighted by Crippen LogP contribution is -2.31. The quantitative estimate of drug-likeness (QED) is 0.232. The van der Waals surface area contributed by atoms with E-state index in [1.54, 1.807) is 25.1 Å². The molecule has 0 spiro atoms. The Kier molecular flexibility index (Phi) is 8.35. The standard InChI is InChI=1S/C32H27F2N3O6/c1-18-19(11-13-38)17-37(22-7-4-20(33)5-8-22)32(40)30(18)31(39)36-21-6-9-27(24(34)14-21)43-26-10-12-35-25-16-29(42-3)28(41-2)15-23(25)26/h4-10,12,14-17,38H,11,13H2,1-3H3,(H,36,39). The van der Waals surface area contributed by atoms with Crippen molar-refractivity contribution >= 4 is 22.5 Å². The Morgan fingerprint density at radius 2 is 1.67 bits per heavy atom. The van der Waals surface area contributed by atoms with Crippen LogP contribution in [0.3, 0.4) is 0 Å². The highest BCUT2D eigenvalue weighted by Crippen LogP contribution is 2.37. The maximum atomic E-state index is 15.2. The third-order valence-electron chi connectivity index (χ3n) is 6.90. The zero-order chi connectivity index (χ0) is 30.7. The molecule has 5 aromatic rings. The molecule has 3 aromatic carbocycles. The van der Waals surface area contributed by atoms with Crippen molar-refractivity contribution in [1.82, 2.24) is 9.55 Å². The smallest absolute Gasteiger partial charge is 0.268 e. The van der Waals surface area contributed by atoms with Crippen molar-refractivity contribution < 1.29 is 32.9 Å². The van der Waals surface area contributed by atoms with E-state index in [4.69, 9.17) is 14.2 Å². The Morgan fingerprint density at radius 1 is 0.953 bits per heavy atom. The van der Waals surface area contributed by atoms with E-state index >= 15 is 4.39 Å². The number of fused-ring (bicyclic) bond motifs is 1. The minimum absolute atomic E-state index is 0.0838. The summed E-state index contributed by atoms with van der Waals surface area (Å²) in [5, 5.41) is 12.7. The predicted molar refractivity (Wildman–Crippen MR) is 157 cm³/mol. The van der Waals surface area contributed by atoms with Crippen LogP contribution >= 0.6 is 0 Å². The van der Waals surface area contributed by atoms with Gasteiger partial charge in [-0.3, -0.25) is 19.1 Å². The molecule has 0 saturated heterocycles. The van der Waals surface area contributed by atoms with Crippen molar-refractivity contribution in [3.63, 3.8) is 0 Å². The van der Waals surface area contributed by atoms with Gasteiger partial charge in [0.2, 0.25) is 0 Å². The highest BCUT2D eigenvalue weighted by molar-refractivity contribution is 6.05. The van der Waals surface area contributed by atoms with Gasteiger partial charge in [-0.1, -0.05) is 0 Å². The molecule has 0 saturated carbocycles. The monoisotopic (exact) mass is 587 g/mol. The van der Waals surface area contributed by atoms with Crippen molar-refractivity contribution in [2.24, 2.45) is 0 Å². The van der Waals surface area contributed by atoms with Crippen molar-refractivity contribution in [3.8, 4) is 28.7 Å². The highest BCUT2D eigenvalue weighted by atomic mass is 19.1. The van der Waals surface area contributed by atoms with E-state index in [2.05, 4.69) is 10.3 Å². The van der Waals surface area contributed by atoms with Gasteiger partial charge in [0.15, 0.2) is 23.1 Å². The molecule has 5 rings (SSSR count). The summed E-state index contributed by atoms with van der Waals surface area (Å²) in [6.07, 6.45) is 3.21. The van der Waals surface area contributed by atoms with Gasteiger partial charge in [0.25, 0.3) is 11.5 Å². The molecule has 220 valence electrons. The highest BCUT2D eigenvalue weighted by Gasteiger charge is 2.21. The first-order valence-corrected chi connectivity index (χ1v) is 13.2. The third-order valence-corrected chi connectivity index (χ3v) is 6.90. The lowest BCUT2D eigenvalue weighted by atomic mass is 10.0. The summed E-state index contributed by atoms with van der Waals surface area (Å²) >= 11 is 0. The van der Waals surface area contributed by atoms with E-state index in [1.807, 2.05) is 0 Å². The Bertz CT molecular complexity index is 1890. The van der Waals surface area contributed by atoms with Crippen LogP contribution < -0.4 is 25.1 Å². The van der Waals surface area contributed by atoms with Gasteiger partial charge in [-0.25, -0.2) is 8.78 Å². The first-order valence-electron chi connectivity index (χ1n) is 13.2. The Balaban J connectivity index is 1.45. The predicted octanol–water partition coefficient (Wildman–Crippen LogP) is 5.57. The van der Waals surface area contributed by atoms with E-state index in [9.17, 15) is 19.1 Å². The molecule has 0 atom stereocenters. The Morgan fingerprint density at radius 3 is 2.35 bits per heavy atom. The second kappa shape index (κ2) is 12.3. The second-order valence-corrected chi connectivity index (χ2v) is 9.51. The van der Waals surface area contributed by atoms with Crippen molar-refractivity contribution in [2.75, 3.05) is 26.1 Å². The number of aliphatic hydroxyl groups excluding tert-OH is 1. The number of methoxy groups -OCH3 is 2. The maximum absolute atomic E-state index is 15.2. The average Bonchev–Trinajstić information content (AvgIpc) is 3.00. The first-order chi connectivity index (χ1) is 20.7. The SMILES string of the molecule is COc1cc2nccc(Oc3ccc(NC(=O)c4c(C)c(CCO)cn(-c5ccc(F)cc5)c4=O)cc3F)c2cc1OC. The molecule has 0 bridgehead atoms. The Labute approximate surface area is 244 Å². The van der Waals surface area contributed by atoms with Crippen molar-refractivity contribution in [3.05, 3.63) is 112 Å². The van der Waals surface area contributed by atoms with Crippen LogP contribution in [0, 0.1) is 18.6 Å². The topological polar surface area (TPSA) is 112 Å². The van der Waals surface area contributed by atoms with E-state index in [-0.39, 0.29) is 30.0 Å². The Hall–Kier alpha value is -5.29. The number of halogens is 2. The molecule has 0 aliphatic heterocycles. The number of ether oxygens (including phenoxy) is 3. The van der Waals surface area contributed by atoms with Gasteiger partial charge in [0, 0.05) is 47.9 Å². The average molecular weight is 588 g/mol. The third kappa shape index (κ3) is 5.88. The normalized spacial score (nSPS) is 10.9. The van der Waals surface area contributed by atoms with Gasteiger partial charge in [-0.2, -0.15) is 0 Å². The lowest BCUT2D eigenvalue weighted by Gasteiger charge is -2.16. The zero-order valence-electron chi connectivity index (χ0n) is 23.5. The van der Waals surface area contributed by atoms with Gasteiger partial charge in [0.05, 0.1) is 19.7 Å². The summed E-state index contributed by atoms with van der Waals surface area (Å²) in [5.41, 5.74) is 1.04. The number of aliphatic hydroxyl groups is 1. The van der Waals surface area contributed by atoms with Crippen LogP contribution in [0.2, 0.25) is 0 Å². The molecule has 0 aliphatic rings. The van der Waals surface area contributed by atoms with E-state index in [0.29, 0.717) is 45.0 Å². The zero-order valence-corrected chi connectivity index (χ0v) is 23.5. The molecular formula is C32H27F2N3O6. The van der Waals surface area contributed by atoms with E-state index in [0.717, 1.165) is 6.07 Å². The van der Waals surface area contributed by atoms with Gasteiger partial charge in [-0.15, -0.1) is 0 Å². The molecule has 43 heavy (non-hydrogen) atoms. The molecule has 1 amide bonds. The number of benzene rings is 3. The van der Waals surface area contributed by atoms with Crippen LogP contribution in [-0.2, 0) is 6.42 Å². The number of carbonyl (C=O) groups is 1. The molecule has 2 N–H and O–H groups in total. The fourth-order valence-corrected chi connectivity index (χ4v) is 4.70. The second-order valence-electron chi connectivity index (χ2n) is 9.51. The summed E-state index contributed by atoms with van der Waals surface area (Å²) in [4.78, 5) is 31.1. The number of pyridine rings is 2. The number of nitrogens with zero attached hydrogens (tertiary/aromatic N) is 2. The van der Waals surface area contributed by atoms with Crippen LogP contribution in [-0.4, -0.2) is 41.4 Å². The minimum Gasteiger partial charge on any atom is -0.493 e. The van der Waals surface area contributed by atoms with Gasteiger partial charge < -0.3 is 24.6 Å². The van der Waals surface area contributed by atoms with Crippen LogP contribution in [0.4, 0.5) is 14.5 Å². The number of amides is 1. The van der Waals surface area contributed by atoms with Gasteiger partial charge in [-0.05, 0) is 73.0 Å². The molecule has 11 heteroatoms. The van der Waals surface area contributed by atoms with Gasteiger partial charge >= 0.3 is 0 Å². The number of anilines is 1. The number of aromatic nitrogens is 2. The molecule has 0 unspecified atom stereocenters. The summed E-state index contributed by atoms with van der Waals surface area (Å²) in [6, 6.07) is 14.0. The molecule has 2 aromatic heterocycles. The molecule has 0 aliphatic carbocycles. The maximum Gasteiger partial charge on any atom is 0.268 e. The number of hydrogen-bond acceptors (Lipinski definition) is 7. The summed E-state index contributed by atoms with van der Waals surface area (Å²) in [7, 11) is 3.00. The molecule has 2 heterocycles. The number of carbonyl (C=O) groups excluding carboxylic acids is 1. The fourth-order valence-electron chi connectivity index (χ4n) is 4.70. The first kappa shape index (κ1) is 29.2. The van der Waals surface area contributed by atoms with Crippen LogP contribution in [0.25, 0.3) is 16.6 Å². The van der Waals surface area contributed by atoms with Crippen molar-refractivity contribution in [1.29, 1.82) is 0 Å². The van der Waals surface area contributed by atoms with E-state index < -0.39 is 23.1 Å². The van der Waals surface area contributed by atoms with Crippen LogP contribution in [0.1, 0.15) is 21.5 Å². The summed E-state index contributed by atoms with van der Waals surface area (Å²) in [5.74, 6) is -0.885. The number of rotatable bonds is 9. The molecule has 9 nitrogen and oxygen atoms in total. The van der Waals surface area contributed by atoms with Crippen LogP contribution in [0.5, 0.6) is 23.0 Å². The minimum atomic E-state index is -0.771. The van der Waals surface area contributed by atoms with Gasteiger partial charge in [0.1, 0.15) is 17.1 Å². The van der Waals surface area contributed by atoms with Crippen LogP contribution in [0.15, 0.2) is 77.9 Å². The number of nitrogens with one attached hydrogen (secondary N) is 1. The number of hydrogen-bond donors (Lipinski definition) is 2. The molecular weight excluding hydrogens is 560 g/mol. The molecule has 0 radical (unpaired) electrons. The fraction of sp³-hybridized carbons (Fsp3) is 0.156. The largest absolute Gasteiger partial charge is 0.493 e. The molecule has 0 fully saturated rings. The van der Waals surface area contributed by atoms with Crippen molar-refractivity contribution in [2.45, 2.75) is 13.3 Å². The van der Waals surface area contributed by atoms with E-state index in [1.165, 1.54) is 67.6 Å². The summed E-state index contributed by atoms with van der Waals surface area (Å²) in [6.45, 7) is 1.38. The lowest BCUT2D eigenvalue weighted by molar-refractivity contribution is 0.102.